The van der Waals surface area contributed by atoms with Crippen molar-refractivity contribution in [3.63, 3.8) is 0 Å². The van der Waals surface area contributed by atoms with E-state index in [1.807, 2.05) is 0 Å². The standard InChI is InChI=1S/C11H7ClFN/c12-9-3-6-11(14-7-9)8-1-4-10(13)5-2-8/h1-7H. The van der Waals surface area contributed by atoms with Gasteiger partial charge in [0.05, 0.1) is 10.7 Å². The number of benzene rings is 1. The third-order valence-corrected chi connectivity index (χ3v) is 2.09. The van der Waals surface area contributed by atoms with Crippen LogP contribution in [0.4, 0.5) is 4.39 Å². The van der Waals surface area contributed by atoms with E-state index < -0.39 is 0 Å². The molecule has 0 spiro atoms. The molecule has 70 valence electrons. The molecule has 0 aliphatic heterocycles. The third-order valence-electron chi connectivity index (χ3n) is 1.87. The van der Waals surface area contributed by atoms with Gasteiger partial charge < -0.3 is 0 Å². The summed E-state index contributed by atoms with van der Waals surface area (Å²) in [5.41, 5.74) is 1.66. The van der Waals surface area contributed by atoms with Crippen molar-refractivity contribution in [2.24, 2.45) is 0 Å². The monoisotopic (exact) mass is 207 g/mol. The highest BCUT2D eigenvalue weighted by Gasteiger charge is 1.98. The molecule has 2 aromatic rings. The molecule has 1 aromatic heterocycles. The summed E-state index contributed by atoms with van der Waals surface area (Å²) in [6.45, 7) is 0. The zero-order valence-corrected chi connectivity index (χ0v) is 8.00. The maximum atomic E-state index is 12.6. The Kier molecular flexibility index (Phi) is 2.46. The fourth-order valence-corrected chi connectivity index (χ4v) is 1.28. The summed E-state index contributed by atoms with van der Waals surface area (Å²) in [6, 6.07) is 9.75. The molecule has 0 amide bonds. The number of hydrogen-bond acceptors (Lipinski definition) is 1. The third kappa shape index (κ3) is 1.91. The maximum absolute atomic E-state index is 12.6. The number of halogens is 2. The molecule has 1 aromatic carbocycles. The van der Waals surface area contributed by atoms with Gasteiger partial charge in [0.2, 0.25) is 0 Å². The lowest BCUT2D eigenvalue weighted by Gasteiger charge is -1.99. The molecule has 1 nitrogen and oxygen atoms in total. The van der Waals surface area contributed by atoms with E-state index in [9.17, 15) is 4.39 Å². The molecule has 0 aliphatic carbocycles. The van der Waals surface area contributed by atoms with E-state index in [1.54, 1.807) is 30.5 Å². The molecule has 0 saturated heterocycles. The van der Waals surface area contributed by atoms with Crippen LogP contribution in [0.3, 0.4) is 0 Å². The van der Waals surface area contributed by atoms with Crippen molar-refractivity contribution in [1.29, 1.82) is 0 Å². The summed E-state index contributed by atoms with van der Waals surface area (Å²) in [5.74, 6) is -0.247. The molecule has 3 heteroatoms. The molecule has 0 atom stereocenters. The van der Waals surface area contributed by atoms with Gasteiger partial charge in [0.1, 0.15) is 5.82 Å². The van der Waals surface area contributed by atoms with Crippen LogP contribution in [0, 0.1) is 5.82 Å². The Morgan fingerprint density at radius 3 is 2.29 bits per heavy atom. The highest BCUT2D eigenvalue weighted by molar-refractivity contribution is 6.30. The second-order valence-corrected chi connectivity index (χ2v) is 3.30. The van der Waals surface area contributed by atoms with Crippen molar-refractivity contribution in [2.45, 2.75) is 0 Å². The summed E-state index contributed by atoms with van der Waals surface area (Å²) in [5, 5.41) is 0.593. The van der Waals surface area contributed by atoms with Crippen molar-refractivity contribution in [1.82, 2.24) is 4.98 Å². The predicted molar refractivity (Wildman–Crippen MR) is 54.6 cm³/mol. The molecular weight excluding hydrogens is 201 g/mol. The molecule has 0 aliphatic rings. The van der Waals surface area contributed by atoms with Gasteiger partial charge in [-0.2, -0.15) is 0 Å². The molecule has 0 radical (unpaired) electrons. The summed E-state index contributed by atoms with van der Waals surface area (Å²) < 4.78 is 12.6. The first-order valence-electron chi connectivity index (χ1n) is 4.13. The smallest absolute Gasteiger partial charge is 0.123 e. The number of hydrogen-bond donors (Lipinski definition) is 0. The molecule has 0 saturated carbocycles. The lowest BCUT2D eigenvalue weighted by Crippen LogP contribution is -1.82. The second kappa shape index (κ2) is 3.76. The van der Waals surface area contributed by atoms with Crippen LogP contribution < -0.4 is 0 Å². The Morgan fingerprint density at radius 1 is 1.00 bits per heavy atom. The van der Waals surface area contributed by atoms with Gasteiger partial charge in [-0.05, 0) is 36.4 Å². The second-order valence-electron chi connectivity index (χ2n) is 2.87. The van der Waals surface area contributed by atoms with Gasteiger partial charge in [0.25, 0.3) is 0 Å². The largest absolute Gasteiger partial charge is 0.255 e. The number of nitrogens with zero attached hydrogens (tertiary/aromatic N) is 1. The number of rotatable bonds is 1. The van der Waals surface area contributed by atoms with Crippen molar-refractivity contribution < 1.29 is 4.39 Å². The Balaban J connectivity index is 2.40. The zero-order valence-electron chi connectivity index (χ0n) is 7.24. The van der Waals surface area contributed by atoms with E-state index in [2.05, 4.69) is 4.98 Å². The average Bonchev–Trinajstić information content (AvgIpc) is 2.21. The molecule has 14 heavy (non-hydrogen) atoms. The molecule has 0 fully saturated rings. The fourth-order valence-electron chi connectivity index (χ4n) is 1.17. The van der Waals surface area contributed by atoms with Crippen LogP contribution in [0.1, 0.15) is 0 Å². The van der Waals surface area contributed by atoms with Crippen molar-refractivity contribution in [3.8, 4) is 11.3 Å². The lowest BCUT2D eigenvalue weighted by atomic mass is 10.1. The Hall–Kier alpha value is -1.41. The first kappa shape index (κ1) is 9.16. The van der Waals surface area contributed by atoms with Gasteiger partial charge in [-0.25, -0.2) is 4.39 Å². The van der Waals surface area contributed by atoms with Crippen molar-refractivity contribution in [3.05, 3.63) is 53.4 Å². The van der Waals surface area contributed by atoms with E-state index in [4.69, 9.17) is 11.6 Å². The lowest BCUT2D eigenvalue weighted by molar-refractivity contribution is 0.628. The van der Waals surface area contributed by atoms with E-state index >= 15 is 0 Å². The Morgan fingerprint density at radius 2 is 1.71 bits per heavy atom. The summed E-state index contributed by atoms with van der Waals surface area (Å²) >= 11 is 5.70. The van der Waals surface area contributed by atoms with Crippen LogP contribution >= 0.6 is 11.6 Å². The normalized spacial score (nSPS) is 10.1. The average molecular weight is 208 g/mol. The molecular formula is C11H7ClFN. The zero-order chi connectivity index (χ0) is 9.97. The highest BCUT2D eigenvalue weighted by Crippen LogP contribution is 2.18. The Labute approximate surface area is 86.2 Å². The van der Waals surface area contributed by atoms with E-state index in [0.29, 0.717) is 5.02 Å². The van der Waals surface area contributed by atoms with Crippen LogP contribution in [0.25, 0.3) is 11.3 Å². The molecule has 1 heterocycles. The molecule has 0 bridgehead atoms. The molecule has 0 unspecified atom stereocenters. The molecule has 2 rings (SSSR count). The van der Waals surface area contributed by atoms with Crippen LogP contribution in [0.15, 0.2) is 42.6 Å². The first-order chi connectivity index (χ1) is 6.75. The quantitative estimate of drug-likeness (QED) is 0.697. The summed E-state index contributed by atoms with van der Waals surface area (Å²) in [7, 11) is 0. The number of aromatic nitrogens is 1. The van der Waals surface area contributed by atoms with Crippen LogP contribution in [-0.4, -0.2) is 4.98 Å². The van der Waals surface area contributed by atoms with Gasteiger partial charge in [-0.1, -0.05) is 11.6 Å². The van der Waals surface area contributed by atoms with Gasteiger partial charge in [0, 0.05) is 11.8 Å². The first-order valence-corrected chi connectivity index (χ1v) is 4.51. The Bertz CT molecular complexity index is 379. The highest BCUT2D eigenvalue weighted by atomic mass is 35.5. The minimum Gasteiger partial charge on any atom is -0.255 e. The molecule has 0 N–H and O–H groups in total. The van der Waals surface area contributed by atoms with Gasteiger partial charge in [-0.15, -0.1) is 0 Å². The van der Waals surface area contributed by atoms with Crippen molar-refractivity contribution >= 4 is 11.6 Å². The SMILES string of the molecule is Fc1ccc(-c2ccc(Cl)cn2)cc1. The van der Waals surface area contributed by atoms with Gasteiger partial charge >= 0.3 is 0 Å². The number of pyridine rings is 1. The van der Waals surface area contributed by atoms with Gasteiger partial charge in [0.15, 0.2) is 0 Å². The summed E-state index contributed by atoms with van der Waals surface area (Å²) in [6.07, 6.45) is 1.57. The van der Waals surface area contributed by atoms with Crippen LogP contribution in [0.2, 0.25) is 5.02 Å². The van der Waals surface area contributed by atoms with E-state index in [0.717, 1.165) is 11.3 Å². The van der Waals surface area contributed by atoms with Gasteiger partial charge in [-0.3, -0.25) is 4.98 Å². The predicted octanol–water partition coefficient (Wildman–Crippen LogP) is 3.54. The van der Waals surface area contributed by atoms with Crippen LogP contribution in [0.5, 0.6) is 0 Å². The topological polar surface area (TPSA) is 12.9 Å². The minimum absolute atomic E-state index is 0.247. The van der Waals surface area contributed by atoms with E-state index in [1.165, 1.54) is 12.1 Å². The summed E-state index contributed by atoms with van der Waals surface area (Å²) in [4.78, 5) is 4.12. The van der Waals surface area contributed by atoms with E-state index in [-0.39, 0.29) is 5.82 Å². The maximum Gasteiger partial charge on any atom is 0.123 e. The fraction of sp³-hybridized carbons (Fsp3) is 0. The minimum atomic E-state index is -0.247. The van der Waals surface area contributed by atoms with Crippen molar-refractivity contribution in [2.75, 3.05) is 0 Å². The van der Waals surface area contributed by atoms with Crippen LogP contribution in [-0.2, 0) is 0 Å².